The Kier molecular flexibility index (Phi) is 3.67. The molecule has 0 radical (unpaired) electrons. The molecule has 112 valence electrons. The highest BCUT2D eigenvalue weighted by atomic mass is 16.3. The Morgan fingerprint density at radius 3 is 2.55 bits per heavy atom. The molecule has 1 amide bonds. The highest BCUT2D eigenvalue weighted by Crippen LogP contribution is 2.35. The van der Waals surface area contributed by atoms with Crippen LogP contribution in [0.4, 0.5) is 0 Å². The van der Waals surface area contributed by atoms with Crippen molar-refractivity contribution in [2.24, 2.45) is 5.10 Å². The van der Waals surface area contributed by atoms with Gasteiger partial charge in [0.2, 0.25) is 5.91 Å². The van der Waals surface area contributed by atoms with E-state index in [1.54, 1.807) is 12.1 Å². The number of amides is 1. The molecule has 0 saturated heterocycles. The molecule has 1 aliphatic rings. The van der Waals surface area contributed by atoms with E-state index in [0.717, 1.165) is 16.8 Å². The van der Waals surface area contributed by atoms with Crippen LogP contribution in [0, 0.1) is 6.92 Å². The van der Waals surface area contributed by atoms with Crippen LogP contribution in [0.1, 0.15) is 36.1 Å². The lowest BCUT2D eigenvalue weighted by atomic mass is 9.95. The van der Waals surface area contributed by atoms with Gasteiger partial charge in [-0.05, 0) is 30.2 Å². The van der Waals surface area contributed by atoms with Crippen molar-refractivity contribution in [1.29, 1.82) is 0 Å². The van der Waals surface area contributed by atoms with E-state index in [-0.39, 0.29) is 17.7 Å². The number of hydrazone groups is 1. The van der Waals surface area contributed by atoms with Crippen LogP contribution in [0.25, 0.3) is 0 Å². The van der Waals surface area contributed by atoms with Gasteiger partial charge in [0.05, 0.1) is 11.8 Å². The highest BCUT2D eigenvalue weighted by molar-refractivity contribution is 6.05. The maximum atomic E-state index is 12.0. The maximum absolute atomic E-state index is 12.0. The van der Waals surface area contributed by atoms with Gasteiger partial charge in [-0.1, -0.05) is 36.4 Å². The molecule has 22 heavy (non-hydrogen) atoms. The van der Waals surface area contributed by atoms with Crippen LogP contribution >= 0.6 is 0 Å². The van der Waals surface area contributed by atoms with Crippen LogP contribution in [0.15, 0.2) is 53.6 Å². The largest absolute Gasteiger partial charge is 0.507 e. The van der Waals surface area contributed by atoms with E-state index in [9.17, 15) is 9.90 Å². The van der Waals surface area contributed by atoms with Gasteiger partial charge in [-0.2, -0.15) is 5.10 Å². The molecular formula is C18H18N2O2. The van der Waals surface area contributed by atoms with E-state index in [0.29, 0.717) is 12.0 Å². The molecule has 0 bridgehead atoms. The van der Waals surface area contributed by atoms with E-state index in [4.69, 9.17) is 0 Å². The molecule has 0 unspecified atom stereocenters. The number of benzene rings is 2. The number of phenols is 1. The summed E-state index contributed by atoms with van der Waals surface area (Å²) in [6, 6.07) is 15.0. The fraction of sp³-hybridized carbons (Fsp3) is 0.222. The first-order chi connectivity index (χ1) is 10.6. The quantitative estimate of drug-likeness (QED) is 0.923. The van der Waals surface area contributed by atoms with Gasteiger partial charge < -0.3 is 5.11 Å². The lowest BCUT2D eigenvalue weighted by Crippen LogP contribution is -2.24. The minimum Gasteiger partial charge on any atom is -0.507 e. The van der Waals surface area contributed by atoms with Crippen LogP contribution in [0.2, 0.25) is 0 Å². The summed E-state index contributed by atoms with van der Waals surface area (Å²) in [4.78, 5) is 12.0. The zero-order chi connectivity index (χ0) is 15.7. The number of hydrogen-bond acceptors (Lipinski definition) is 3. The molecule has 2 aromatic carbocycles. The molecule has 0 aromatic heterocycles. The summed E-state index contributed by atoms with van der Waals surface area (Å²) in [7, 11) is 0. The minimum absolute atomic E-state index is 0.0985. The number of phenolic OH excluding ortho intramolecular Hbond substituents is 1. The smallest absolute Gasteiger partial charge is 0.240 e. The lowest BCUT2D eigenvalue weighted by Gasteiger charge is -2.22. The number of carbonyl (C=O) groups excluding carboxylic acids is 1. The first-order valence-corrected chi connectivity index (χ1v) is 7.29. The second-order valence-electron chi connectivity index (χ2n) is 5.50. The topological polar surface area (TPSA) is 52.9 Å². The van der Waals surface area contributed by atoms with Crippen molar-refractivity contribution >= 4 is 11.6 Å². The number of rotatable bonds is 2. The van der Waals surface area contributed by atoms with Crippen LogP contribution in [0.3, 0.4) is 0 Å². The summed E-state index contributed by atoms with van der Waals surface area (Å²) >= 11 is 0. The standard InChI is InChI=1S/C18H18N2O2/c1-12-7-3-4-8-14(12)17-11-16(19-20(17)13(2)21)15-9-5-6-10-18(15)22/h3-10,17,22H,11H2,1-2H3/t17-/m1/s1. The Hall–Kier alpha value is -2.62. The van der Waals surface area contributed by atoms with E-state index in [2.05, 4.69) is 5.10 Å². The molecule has 0 spiro atoms. The number of aromatic hydroxyl groups is 1. The monoisotopic (exact) mass is 294 g/mol. The first kappa shape index (κ1) is 14.3. The summed E-state index contributed by atoms with van der Waals surface area (Å²) in [5.41, 5.74) is 3.64. The van der Waals surface area contributed by atoms with Gasteiger partial charge in [0.1, 0.15) is 5.75 Å². The fourth-order valence-corrected chi connectivity index (χ4v) is 2.88. The van der Waals surface area contributed by atoms with Crippen LogP contribution < -0.4 is 0 Å². The molecule has 1 atom stereocenters. The molecule has 4 nitrogen and oxygen atoms in total. The van der Waals surface area contributed by atoms with Crippen molar-refractivity contribution in [2.45, 2.75) is 26.3 Å². The number of carbonyl (C=O) groups is 1. The number of para-hydroxylation sites is 1. The second-order valence-corrected chi connectivity index (χ2v) is 5.50. The summed E-state index contributed by atoms with van der Waals surface area (Å²) in [6.45, 7) is 3.55. The van der Waals surface area contributed by atoms with Crippen molar-refractivity contribution in [3.05, 3.63) is 65.2 Å². The first-order valence-electron chi connectivity index (χ1n) is 7.29. The highest BCUT2D eigenvalue weighted by Gasteiger charge is 2.32. The molecule has 1 heterocycles. The Labute approximate surface area is 129 Å². The third kappa shape index (κ3) is 2.48. The zero-order valence-electron chi connectivity index (χ0n) is 12.7. The van der Waals surface area contributed by atoms with Crippen molar-refractivity contribution in [1.82, 2.24) is 5.01 Å². The average molecular weight is 294 g/mol. The van der Waals surface area contributed by atoms with Gasteiger partial charge in [-0.15, -0.1) is 0 Å². The molecule has 1 N–H and O–H groups in total. The SMILES string of the molecule is CC(=O)N1N=C(c2ccccc2O)C[C@@H]1c1ccccc1C. The van der Waals surface area contributed by atoms with Crippen molar-refractivity contribution in [2.75, 3.05) is 0 Å². The van der Waals surface area contributed by atoms with E-state index < -0.39 is 0 Å². The van der Waals surface area contributed by atoms with Gasteiger partial charge in [-0.25, -0.2) is 5.01 Å². The van der Waals surface area contributed by atoms with Crippen LogP contribution in [-0.2, 0) is 4.79 Å². The van der Waals surface area contributed by atoms with Gasteiger partial charge >= 0.3 is 0 Å². The van der Waals surface area contributed by atoms with E-state index in [1.807, 2.05) is 43.3 Å². The molecule has 3 rings (SSSR count). The van der Waals surface area contributed by atoms with Gasteiger partial charge in [0, 0.05) is 18.9 Å². The third-order valence-electron chi connectivity index (χ3n) is 4.00. The number of aryl methyl sites for hydroxylation is 1. The van der Waals surface area contributed by atoms with Gasteiger partial charge in [-0.3, -0.25) is 4.79 Å². The Bertz CT molecular complexity index is 752. The molecular weight excluding hydrogens is 276 g/mol. The van der Waals surface area contributed by atoms with Gasteiger partial charge in [0.15, 0.2) is 0 Å². The second kappa shape index (κ2) is 5.64. The molecule has 0 saturated carbocycles. The lowest BCUT2D eigenvalue weighted by molar-refractivity contribution is -0.130. The Balaban J connectivity index is 2.01. The number of hydrogen-bond donors (Lipinski definition) is 1. The summed E-state index contributed by atoms with van der Waals surface area (Å²) in [5.74, 6) is 0.0915. The Morgan fingerprint density at radius 1 is 1.18 bits per heavy atom. The predicted octanol–water partition coefficient (Wildman–Crippen LogP) is 3.40. The molecule has 4 heteroatoms. The van der Waals surface area contributed by atoms with E-state index in [1.165, 1.54) is 11.9 Å². The van der Waals surface area contributed by atoms with Crippen LogP contribution in [0.5, 0.6) is 5.75 Å². The summed E-state index contributed by atoms with van der Waals surface area (Å²) < 4.78 is 0. The molecule has 2 aromatic rings. The Morgan fingerprint density at radius 2 is 1.86 bits per heavy atom. The normalized spacial score (nSPS) is 17.5. The third-order valence-corrected chi connectivity index (χ3v) is 4.00. The molecule has 1 aliphatic heterocycles. The fourth-order valence-electron chi connectivity index (χ4n) is 2.88. The molecule has 0 aliphatic carbocycles. The summed E-state index contributed by atoms with van der Waals surface area (Å²) in [6.07, 6.45) is 0.599. The van der Waals surface area contributed by atoms with Crippen molar-refractivity contribution in [3.63, 3.8) is 0 Å². The minimum atomic E-state index is -0.117. The van der Waals surface area contributed by atoms with E-state index >= 15 is 0 Å². The molecule has 0 fully saturated rings. The van der Waals surface area contributed by atoms with Crippen molar-refractivity contribution < 1.29 is 9.90 Å². The summed E-state index contributed by atoms with van der Waals surface area (Å²) in [5, 5.41) is 16.0. The van der Waals surface area contributed by atoms with Crippen molar-refractivity contribution in [3.8, 4) is 5.75 Å². The van der Waals surface area contributed by atoms with Crippen LogP contribution in [-0.4, -0.2) is 21.7 Å². The average Bonchev–Trinajstić information content (AvgIpc) is 2.93. The predicted molar refractivity (Wildman–Crippen MR) is 85.7 cm³/mol. The maximum Gasteiger partial charge on any atom is 0.240 e. The van der Waals surface area contributed by atoms with Gasteiger partial charge in [0.25, 0.3) is 0 Å². The number of nitrogens with zero attached hydrogens (tertiary/aromatic N) is 2. The zero-order valence-corrected chi connectivity index (χ0v) is 12.7.